The number of rotatable bonds is 9. The van der Waals surface area contributed by atoms with E-state index >= 15 is 0 Å². The minimum Gasteiger partial charge on any atom is -0.493 e. The molecule has 6 nitrogen and oxygen atoms in total. The van der Waals surface area contributed by atoms with Gasteiger partial charge in [-0.3, -0.25) is 4.90 Å². The second kappa shape index (κ2) is 12.7. The maximum atomic E-state index is 13.6. The van der Waals surface area contributed by atoms with Crippen molar-refractivity contribution in [1.82, 2.24) is 4.90 Å². The zero-order valence-electron chi connectivity index (χ0n) is 23.9. The Kier molecular flexibility index (Phi) is 9.97. The van der Waals surface area contributed by atoms with Gasteiger partial charge in [-0.25, -0.2) is 4.79 Å². The van der Waals surface area contributed by atoms with E-state index in [9.17, 15) is 31.1 Å². The highest BCUT2D eigenvalue weighted by molar-refractivity contribution is 5.71. The van der Waals surface area contributed by atoms with Gasteiger partial charge in [0.2, 0.25) is 0 Å². The van der Waals surface area contributed by atoms with Crippen molar-refractivity contribution in [1.29, 1.82) is 0 Å². The van der Waals surface area contributed by atoms with Crippen LogP contribution in [0.4, 0.5) is 36.8 Å². The van der Waals surface area contributed by atoms with Gasteiger partial charge < -0.3 is 19.1 Å². The Morgan fingerprint density at radius 3 is 1.93 bits per heavy atom. The first kappa shape index (κ1) is 32.2. The number of carbonyl (C=O) groups is 1. The Morgan fingerprint density at radius 1 is 0.927 bits per heavy atom. The number of anilines is 1. The lowest BCUT2D eigenvalue weighted by atomic mass is 9.88. The van der Waals surface area contributed by atoms with Crippen molar-refractivity contribution in [2.75, 3.05) is 32.8 Å². The van der Waals surface area contributed by atoms with Crippen LogP contribution in [0.5, 0.6) is 11.5 Å². The van der Waals surface area contributed by atoms with Gasteiger partial charge in [-0.1, -0.05) is 26.7 Å². The molecule has 0 saturated carbocycles. The molecule has 2 aromatic rings. The summed E-state index contributed by atoms with van der Waals surface area (Å²) in [5, 5.41) is 0. The van der Waals surface area contributed by atoms with E-state index in [-0.39, 0.29) is 17.7 Å². The Labute approximate surface area is 236 Å². The summed E-state index contributed by atoms with van der Waals surface area (Å²) in [6, 6.07) is 3.95. The molecule has 2 unspecified atom stereocenters. The van der Waals surface area contributed by atoms with Crippen LogP contribution in [0.25, 0.3) is 0 Å². The topological polar surface area (TPSA) is 51.2 Å². The molecule has 0 spiro atoms. The molecule has 0 bridgehead atoms. The second-order valence-corrected chi connectivity index (χ2v) is 10.2. The third-order valence-electron chi connectivity index (χ3n) is 7.69. The molecule has 228 valence electrons. The van der Waals surface area contributed by atoms with Gasteiger partial charge in [-0.05, 0) is 49.1 Å². The summed E-state index contributed by atoms with van der Waals surface area (Å²) in [5.74, 6) is 1.19. The monoisotopic (exact) mass is 590 g/mol. The molecule has 3 rings (SSSR count). The number of hydrogen-bond acceptors (Lipinski definition) is 5. The van der Waals surface area contributed by atoms with Crippen molar-refractivity contribution >= 4 is 11.8 Å². The summed E-state index contributed by atoms with van der Waals surface area (Å²) < 4.78 is 97.4. The Hall–Kier alpha value is -3.31. The van der Waals surface area contributed by atoms with E-state index in [1.165, 1.54) is 19.1 Å². The number of alkyl halides is 6. The van der Waals surface area contributed by atoms with E-state index in [2.05, 4.69) is 18.7 Å². The molecule has 1 aliphatic rings. The van der Waals surface area contributed by atoms with Crippen LogP contribution in [0.3, 0.4) is 0 Å². The van der Waals surface area contributed by atoms with Gasteiger partial charge in [-0.15, -0.1) is 0 Å². The Morgan fingerprint density at radius 2 is 1.46 bits per heavy atom. The minimum absolute atomic E-state index is 0.0663. The van der Waals surface area contributed by atoms with Gasteiger partial charge in [0.25, 0.3) is 0 Å². The SMILES string of the molecule is CCC(CC)CN1c2cc(OC)c(OC)cc2C(N(Cc2cc(C(F)(F)F)cc(C(F)(F)F)c2)C(=O)OC)CC1C. The van der Waals surface area contributed by atoms with E-state index in [0.29, 0.717) is 48.1 Å². The number of hydrogen-bond donors (Lipinski definition) is 0. The summed E-state index contributed by atoms with van der Waals surface area (Å²) in [5.41, 5.74) is -1.86. The largest absolute Gasteiger partial charge is 0.493 e. The molecule has 41 heavy (non-hydrogen) atoms. The third kappa shape index (κ3) is 7.13. The van der Waals surface area contributed by atoms with E-state index in [1.807, 2.05) is 6.92 Å². The van der Waals surface area contributed by atoms with Crippen LogP contribution < -0.4 is 14.4 Å². The number of amides is 1. The summed E-state index contributed by atoms with van der Waals surface area (Å²) >= 11 is 0. The number of methoxy groups -OCH3 is 3. The van der Waals surface area contributed by atoms with Crippen LogP contribution in [0.15, 0.2) is 30.3 Å². The van der Waals surface area contributed by atoms with Crippen LogP contribution >= 0.6 is 0 Å². The second-order valence-electron chi connectivity index (χ2n) is 10.2. The first-order valence-corrected chi connectivity index (χ1v) is 13.3. The standard InChI is InChI=1S/C29H36F6N2O4/c1-7-18(8-2)15-36-17(3)9-23(22-13-25(39-4)26(40-5)14-24(22)36)37(27(38)41-6)16-19-10-20(28(30,31)32)12-21(11-19)29(33,34)35/h10-14,17-18,23H,7-9,15-16H2,1-6H3. The highest BCUT2D eigenvalue weighted by Crippen LogP contribution is 2.47. The molecule has 0 aliphatic carbocycles. The maximum Gasteiger partial charge on any atom is 0.416 e. The van der Waals surface area contributed by atoms with Gasteiger partial charge >= 0.3 is 18.4 Å². The first-order chi connectivity index (χ1) is 19.2. The van der Waals surface area contributed by atoms with Crippen molar-refractivity contribution in [3.8, 4) is 11.5 Å². The lowest BCUT2D eigenvalue weighted by Gasteiger charge is -2.45. The molecule has 0 N–H and O–H groups in total. The van der Waals surface area contributed by atoms with Crippen LogP contribution in [-0.2, 0) is 23.6 Å². The molecule has 0 fully saturated rings. The summed E-state index contributed by atoms with van der Waals surface area (Å²) in [6.07, 6.45) is -8.69. The summed E-state index contributed by atoms with van der Waals surface area (Å²) in [4.78, 5) is 16.5. The smallest absolute Gasteiger partial charge is 0.416 e. The summed E-state index contributed by atoms with van der Waals surface area (Å²) in [7, 11) is 4.06. The van der Waals surface area contributed by atoms with Crippen molar-refractivity contribution in [2.24, 2.45) is 5.92 Å². The quantitative estimate of drug-likeness (QED) is 0.277. The molecule has 1 aliphatic heterocycles. The average molecular weight is 591 g/mol. The fourth-order valence-electron chi connectivity index (χ4n) is 5.34. The number of benzene rings is 2. The maximum absolute atomic E-state index is 13.6. The van der Waals surface area contributed by atoms with Crippen molar-refractivity contribution < 1.29 is 45.3 Å². The highest BCUT2D eigenvalue weighted by Gasteiger charge is 2.40. The number of ether oxygens (including phenoxy) is 3. The fourth-order valence-corrected chi connectivity index (χ4v) is 5.34. The van der Waals surface area contributed by atoms with Gasteiger partial charge in [0.05, 0.1) is 38.5 Å². The number of fused-ring (bicyclic) bond motifs is 1. The predicted octanol–water partition coefficient (Wildman–Crippen LogP) is 8.09. The van der Waals surface area contributed by atoms with Gasteiger partial charge in [0.1, 0.15) is 0 Å². The molecule has 1 amide bonds. The normalized spacial score (nSPS) is 17.3. The number of halogens is 6. The predicted molar refractivity (Wildman–Crippen MR) is 142 cm³/mol. The van der Waals surface area contributed by atoms with Gasteiger partial charge in [0, 0.05) is 36.4 Å². The van der Waals surface area contributed by atoms with Crippen LogP contribution in [0.2, 0.25) is 0 Å². The molecular weight excluding hydrogens is 554 g/mol. The molecule has 0 radical (unpaired) electrons. The van der Waals surface area contributed by atoms with Crippen LogP contribution in [0, 0.1) is 5.92 Å². The molecular formula is C29H36F6N2O4. The molecule has 2 atom stereocenters. The first-order valence-electron chi connectivity index (χ1n) is 13.3. The fraction of sp³-hybridized carbons (Fsp3) is 0.552. The van der Waals surface area contributed by atoms with E-state index < -0.39 is 42.2 Å². The minimum atomic E-state index is -5.02. The van der Waals surface area contributed by atoms with Crippen LogP contribution in [-0.4, -0.2) is 44.9 Å². The van der Waals surface area contributed by atoms with E-state index in [1.54, 1.807) is 12.1 Å². The lowest BCUT2D eigenvalue weighted by Crippen LogP contribution is -2.46. The molecule has 0 aromatic heterocycles. The number of nitrogens with zero attached hydrogens (tertiary/aromatic N) is 2. The molecule has 1 heterocycles. The third-order valence-corrected chi connectivity index (χ3v) is 7.69. The molecule has 2 aromatic carbocycles. The van der Waals surface area contributed by atoms with Gasteiger partial charge in [-0.2, -0.15) is 26.3 Å². The van der Waals surface area contributed by atoms with Gasteiger partial charge in [0.15, 0.2) is 11.5 Å². The highest BCUT2D eigenvalue weighted by atomic mass is 19.4. The Balaban J connectivity index is 2.18. The van der Waals surface area contributed by atoms with Crippen LogP contribution in [0.1, 0.15) is 68.3 Å². The zero-order chi connectivity index (χ0) is 30.7. The zero-order valence-corrected chi connectivity index (χ0v) is 23.9. The van der Waals surface area contributed by atoms with Crippen molar-refractivity contribution in [3.63, 3.8) is 0 Å². The molecule has 0 saturated heterocycles. The van der Waals surface area contributed by atoms with E-state index in [0.717, 1.165) is 25.6 Å². The average Bonchev–Trinajstić information content (AvgIpc) is 2.93. The molecule has 12 heteroatoms. The lowest BCUT2D eigenvalue weighted by molar-refractivity contribution is -0.143. The van der Waals surface area contributed by atoms with E-state index in [4.69, 9.17) is 14.2 Å². The number of carbonyl (C=O) groups excluding carboxylic acids is 1. The Bertz CT molecular complexity index is 1180. The van der Waals surface area contributed by atoms with Crippen molar-refractivity contribution in [3.05, 3.63) is 52.6 Å². The van der Waals surface area contributed by atoms with Crippen molar-refractivity contribution in [2.45, 2.75) is 71.0 Å². The summed E-state index contributed by atoms with van der Waals surface area (Å²) in [6.45, 7) is 6.34.